The van der Waals surface area contributed by atoms with Crippen LogP contribution in [0.1, 0.15) is 30.9 Å². The van der Waals surface area contributed by atoms with Crippen molar-refractivity contribution in [2.75, 3.05) is 0 Å². The van der Waals surface area contributed by atoms with Gasteiger partial charge in [-0.2, -0.15) is 0 Å². The highest BCUT2D eigenvalue weighted by molar-refractivity contribution is 6.25. The fraction of sp³-hybridized carbons (Fsp3) is 0.200. The summed E-state index contributed by atoms with van der Waals surface area (Å²) < 4.78 is 4.65. The van der Waals surface area contributed by atoms with E-state index in [4.69, 9.17) is 4.98 Å². The molecule has 0 aliphatic carbocycles. The van der Waals surface area contributed by atoms with E-state index in [2.05, 4.69) is 85.3 Å². The predicted molar refractivity (Wildman–Crippen MR) is 116 cm³/mol. The topological polar surface area (TPSA) is 21.2 Å². The summed E-state index contributed by atoms with van der Waals surface area (Å²) in [5.41, 5.74) is 8.88. The average Bonchev–Trinajstić information content (AvgIpc) is 3.03. The number of hydrogen-bond donors (Lipinski definition) is 0. The lowest BCUT2D eigenvalue weighted by atomic mass is 9.96. The monoisotopic (exact) mass is 364 g/mol. The van der Waals surface area contributed by atoms with E-state index in [1.807, 2.05) is 6.33 Å². The second-order valence-corrected chi connectivity index (χ2v) is 8.26. The summed E-state index contributed by atoms with van der Waals surface area (Å²) >= 11 is 0. The second kappa shape index (κ2) is 5.20. The lowest BCUT2D eigenvalue weighted by Gasteiger charge is -2.12. The van der Waals surface area contributed by atoms with Crippen molar-refractivity contribution >= 4 is 49.1 Å². The molecule has 28 heavy (non-hydrogen) atoms. The number of benzene rings is 3. The van der Waals surface area contributed by atoms with Gasteiger partial charge in [-0.05, 0) is 47.2 Å². The molecule has 0 amide bonds. The molecule has 0 atom stereocenters. The first-order chi connectivity index (χ1) is 13.6. The third-order valence-corrected chi connectivity index (χ3v) is 6.27. The number of hydrogen-bond acceptors (Lipinski definition) is 1. The average molecular weight is 364 g/mol. The van der Waals surface area contributed by atoms with Crippen LogP contribution in [0.2, 0.25) is 0 Å². The molecule has 0 N–H and O–H groups in total. The standard InChI is InChI=1S/C25H22N3/c1-14(2)16-7-5-9-19-22(16)17-12-11-15(3)21-24(17)28(19)20-10-6-8-18-23(20)25(21)27(4)13-26-18/h5-14H,1-4H3/q+1. The molecule has 0 unspecified atom stereocenters. The first-order valence-corrected chi connectivity index (χ1v) is 9.92. The summed E-state index contributed by atoms with van der Waals surface area (Å²) in [6.07, 6.45) is 1.94. The summed E-state index contributed by atoms with van der Waals surface area (Å²) in [5, 5.41) is 5.30. The van der Waals surface area contributed by atoms with Crippen molar-refractivity contribution in [2.24, 2.45) is 7.05 Å². The fourth-order valence-corrected chi connectivity index (χ4v) is 5.06. The largest absolute Gasteiger partial charge is 0.308 e. The Kier molecular flexibility index (Phi) is 2.94. The van der Waals surface area contributed by atoms with Gasteiger partial charge in [0.05, 0.1) is 29.0 Å². The Bertz CT molecular complexity index is 1550. The van der Waals surface area contributed by atoms with Crippen molar-refractivity contribution in [3.63, 3.8) is 0 Å². The zero-order valence-corrected chi connectivity index (χ0v) is 16.6. The Morgan fingerprint density at radius 3 is 2.43 bits per heavy atom. The van der Waals surface area contributed by atoms with Gasteiger partial charge in [-0.1, -0.05) is 44.2 Å². The van der Waals surface area contributed by atoms with Crippen LogP contribution < -0.4 is 4.57 Å². The molecule has 6 rings (SSSR count). The van der Waals surface area contributed by atoms with Gasteiger partial charge in [0.15, 0.2) is 5.52 Å². The maximum Gasteiger partial charge on any atom is 0.287 e. The molecule has 6 aromatic rings. The lowest BCUT2D eigenvalue weighted by molar-refractivity contribution is -0.646. The molecule has 136 valence electrons. The molecular formula is C25H22N3+. The number of rotatable bonds is 1. The van der Waals surface area contributed by atoms with Gasteiger partial charge in [0.25, 0.3) is 6.33 Å². The third kappa shape index (κ3) is 1.74. The van der Waals surface area contributed by atoms with E-state index >= 15 is 0 Å². The molecule has 3 aromatic carbocycles. The predicted octanol–water partition coefficient (Wildman–Crippen LogP) is 5.64. The Labute approximate surface area is 163 Å². The normalized spacial score (nSPS) is 12.6. The van der Waals surface area contributed by atoms with Crippen LogP contribution in [0, 0.1) is 6.92 Å². The van der Waals surface area contributed by atoms with E-state index in [1.54, 1.807) is 0 Å². The Hall–Kier alpha value is -3.20. The van der Waals surface area contributed by atoms with Crippen LogP contribution in [0.3, 0.4) is 0 Å². The van der Waals surface area contributed by atoms with E-state index in [0.717, 1.165) is 5.52 Å². The molecular weight excluding hydrogens is 342 g/mol. The highest BCUT2D eigenvalue weighted by Crippen LogP contribution is 2.42. The zero-order valence-electron chi connectivity index (χ0n) is 16.6. The van der Waals surface area contributed by atoms with Gasteiger partial charge in [0.2, 0.25) is 0 Å². The van der Waals surface area contributed by atoms with Crippen LogP contribution in [-0.2, 0) is 7.05 Å². The van der Waals surface area contributed by atoms with Crippen LogP contribution in [0.5, 0.6) is 0 Å². The van der Waals surface area contributed by atoms with Crippen LogP contribution in [0.4, 0.5) is 0 Å². The summed E-state index contributed by atoms with van der Waals surface area (Å²) in [6.45, 7) is 6.79. The molecule has 3 heterocycles. The summed E-state index contributed by atoms with van der Waals surface area (Å²) in [6, 6.07) is 17.8. The van der Waals surface area contributed by atoms with E-state index in [9.17, 15) is 0 Å². The Balaban J connectivity index is 2.11. The van der Waals surface area contributed by atoms with Crippen molar-refractivity contribution < 1.29 is 4.57 Å². The van der Waals surface area contributed by atoms with Crippen molar-refractivity contribution in [1.82, 2.24) is 9.38 Å². The first-order valence-electron chi connectivity index (χ1n) is 9.92. The number of aryl methyl sites for hydroxylation is 2. The molecule has 0 spiro atoms. The van der Waals surface area contributed by atoms with E-state index in [1.165, 1.54) is 54.7 Å². The van der Waals surface area contributed by atoms with Crippen LogP contribution in [-0.4, -0.2) is 9.38 Å². The first kappa shape index (κ1) is 15.8. The molecule has 3 aromatic heterocycles. The smallest absolute Gasteiger partial charge is 0.287 e. The van der Waals surface area contributed by atoms with Gasteiger partial charge in [-0.3, -0.25) is 0 Å². The van der Waals surface area contributed by atoms with E-state index in [-0.39, 0.29) is 0 Å². The van der Waals surface area contributed by atoms with Crippen molar-refractivity contribution in [1.29, 1.82) is 0 Å². The molecule has 0 radical (unpaired) electrons. The van der Waals surface area contributed by atoms with E-state index in [0.29, 0.717) is 5.92 Å². The quantitative estimate of drug-likeness (QED) is 0.210. The van der Waals surface area contributed by atoms with Gasteiger partial charge in [0.1, 0.15) is 5.52 Å². The van der Waals surface area contributed by atoms with Crippen molar-refractivity contribution in [2.45, 2.75) is 26.7 Å². The minimum absolute atomic E-state index is 0.476. The van der Waals surface area contributed by atoms with E-state index < -0.39 is 0 Å². The van der Waals surface area contributed by atoms with Crippen LogP contribution in [0.15, 0.2) is 54.9 Å². The third-order valence-electron chi connectivity index (χ3n) is 6.27. The molecule has 0 aliphatic heterocycles. The molecule has 0 fully saturated rings. The molecule has 0 aliphatic rings. The van der Waals surface area contributed by atoms with Gasteiger partial charge < -0.3 is 4.40 Å². The summed E-state index contributed by atoms with van der Waals surface area (Å²) in [4.78, 5) is 4.71. The van der Waals surface area contributed by atoms with Crippen molar-refractivity contribution in [3.8, 4) is 0 Å². The SMILES string of the molecule is Cc1ccc2c3c(C(C)C)cccc3n3c4cccc5nc[n+](C)c(c1c23)c54. The van der Waals surface area contributed by atoms with Crippen molar-refractivity contribution in [3.05, 3.63) is 66.0 Å². The minimum atomic E-state index is 0.476. The minimum Gasteiger partial charge on any atom is -0.308 e. The van der Waals surface area contributed by atoms with Crippen LogP contribution >= 0.6 is 0 Å². The molecule has 0 saturated carbocycles. The maximum atomic E-state index is 4.71. The van der Waals surface area contributed by atoms with Gasteiger partial charge in [-0.15, -0.1) is 0 Å². The van der Waals surface area contributed by atoms with Gasteiger partial charge in [-0.25, -0.2) is 4.57 Å². The molecule has 3 nitrogen and oxygen atoms in total. The second-order valence-electron chi connectivity index (χ2n) is 8.26. The lowest BCUT2D eigenvalue weighted by Crippen LogP contribution is -2.30. The maximum absolute atomic E-state index is 4.71. The zero-order chi connectivity index (χ0) is 19.2. The molecule has 3 heteroatoms. The number of pyridine rings is 1. The van der Waals surface area contributed by atoms with Gasteiger partial charge >= 0.3 is 0 Å². The number of aromatic nitrogens is 3. The molecule has 0 saturated heterocycles. The highest BCUT2D eigenvalue weighted by atomic mass is 15.0. The summed E-state index contributed by atoms with van der Waals surface area (Å²) in [5.74, 6) is 0.476. The van der Waals surface area contributed by atoms with Crippen LogP contribution in [0.25, 0.3) is 49.1 Å². The van der Waals surface area contributed by atoms with Gasteiger partial charge in [0, 0.05) is 16.2 Å². The molecule has 0 bridgehead atoms. The Morgan fingerprint density at radius 1 is 0.893 bits per heavy atom. The Morgan fingerprint density at radius 2 is 1.64 bits per heavy atom. The number of nitrogens with zero attached hydrogens (tertiary/aromatic N) is 3. The fourth-order valence-electron chi connectivity index (χ4n) is 5.06. The summed E-state index contributed by atoms with van der Waals surface area (Å²) in [7, 11) is 2.11. The highest BCUT2D eigenvalue weighted by Gasteiger charge is 2.24. The number of fused-ring (bicyclic) bond motifs is 5.